The van der Waals surface area contributed by atoms with Crippen LogP contribution in [0.3, 0.4) is 0 Å². The number of para-hydroxylation sites is 1. The van der Waals surface area contributed by atoms with E-state index in [0.29, 0.717) is 12.5 Å². The van der Waals surface area contributed by atoms with E-state index in [1.807, 2.05) is 0 Å². The van der Waals surface area contributed by atoms with E-state index >= 15 is 0 Å². The summed E-state index contributed by atoms with van der Waals surface area (Å²) in [7, 11) is 0. The molecule has 114 valence electrons. The van der Waals surface area contributed by atoms with Crippen molar-refractivity contribution in [1.29, 1.82) is 0 Å². The number of piperidine rings is 1. The first kappa shape index (κ1) is 14.2. The first-order valence-corrected chi connectivity index (χ1v) is 6.89. The molecular formula is C14H16F3N3O. The van der Waals surface area contributed by atoms with Crippen LogP contribution >= 0.6 is 0 Å². The molecule has 1 aromatic rings. The maximum Gasteiger partial charge on any atom is 0.418 e. The lowest BCUT2D eigenvalue weighted by Gasteiger charge is -2.28. The van der Waals surface area contributed by atoms with E-state index in [1.165, 1.54) is 12.1 Å². The van der Waals surface area contributed by atoms with Crippen LogP contribution in [-0.4, -0.2) is 23.4 Å². The summed E-state index contributed by atoms with van der Waals surface area (Å²) in [5.41, 5.74) is 0.772. The van der Waals surface area contributed by atoms with Gasteiger partial charge in [0.15, 0.2) is 0 Å². The molecule has 21 heavy (non-hydrogen) atoms. The molecule has 4 nitrogen and oxygen atoms in total. The van der Waals surface area contributed by atoms with Gasteiger partial charge in [-0.3, -0.25) is 10.6 Å². The maximum absolute atomic E-state index is 13.0. The van der Waals surface area contributed by atoms with Crippen LogP contribution in [0.5, 0.6) is 0 Å². The molecular weight excluding hydrogens is 283 g/mol. The van der Waals surface area contributed by atoms with E-state index in [0.717, 1.165) is 25.3 Å². The van der Waals surface area contributed by atoms with Gasteiger partial charge in [0.25, 0.3) is 5.91 Å². The Hall–Kier alpha value is -1.76. The van der Waals surface area contributed by atoms with Crippen molar-refractivity contribution in [2.45, 2.75) is 31.5 Å². The van der Waals surface area contributed by atoms with E-state index in [9.17, 15) is 18.0 Å². The lowest BCUT2D eigenvalue weighted by molar-refractivity contribution is -0.137. The summed E-state index contributed by atoms with van der Waals surface area (Å²) in [5, 5.41) is 0. The van der Waals surface area contributed by atoms with Crippen LogP contribution in [0, 0.1) is 5.92 Å². The number of nitrogens with zero attached hydrogens (tertiary/aromatic N) is 1. The fourth-order valence-electron chi connectivity index (χ4n) is 3.45. The molecule has 1 aliphatic carbocycles. The number of hydrazine groups is 1. The Bertz CT molecular complexity index is 573. The number of nitrogens with two attached hydrogens (primary N) is 1. The number of hydrogen-bond acceptors (Lipinski definition) is 3. The van der Waals surface area contributed by atoms with E-state index < -0.39 is 11.7 Å². The molecule has 0 radical (unpaired) electrons. The predicted molar refractivity (Wildman–Crippen MR) is 71.4 cm³/mol. The van der Waals surface area contributed by atoms with Crippen LogP contribution in [0.25, 0.3) is 0 Å². The number of rotatable bonds is 2. The van der Waals surface area contributed by atoms with Crippen LogP contribution in [-0.2, 0) is 6.18 Å². The third-order valence-corrected chi connectivity index (χ3v) is 4.41. The summed E-state index contributed by atoms with van der Waals surface area (Å²) in [6.45, 7) is 0.629. The van der Waals surface area contributed by atoms with Crippen molar-refractivity contribution in [3.8, 4) is 0 Å². The standard InChI is InChI=1S/C14H16F3N3O/c15-14(16,17)11-3-1-2-10(12(11)19-18)13(21)20-7-8-4-5-9(20)6-8/h1-3,8-9,19H,4-7,18H2. The molecule has 1 amide bonds. The van der Waals surface area contributed by atoms with Crippen LogP contribution in [0.1, 0.15) is 35.2 Å². The minimum atomic E-state index is -4.55. The highest BCUT2D eigenvalue weighted by molar-refractivity contribution is 6.00. The normalized spacial score (nSPS) is 24.5. The largest absolute Gasteiger partial charge is 0.418 e. The SMILES string of the molecule is NNc1c(C(=O)N2CC3CCC2C3)cccc1C(F)(F)F. The van der Waals surface area contributed by atoms with Crippen molar-refractivity contribution in [2.75, 3.05) is 12.0 Å². The summed E-state index contributed by atoms with van der Waals surface area (Å²) in [6.07, 6.45) is -1.57. The Kier molecular flexibility index (Phi) is 3.32. The van der Waals surface area contributed by atoms with Gasteiger partial charge in [0, 0.05) is 12.6 Å². The number of benzene rings is 1. The van der Waals surface area contributed by atoms with Gasteiger partial charge >= 0.3 is 6.18 Å². The Morgan fingerprint density at radius 3 is 2.62 bits per heavy atom. The highest BCUT2D eigenvalue weighted by Crippen LogP contribution is 2.40. The average molecular weight is 299 g/mol. The average Bonchev–Trinajstić information content (AvgIpc) is 3.07. The van der Waals surface area contributed by atoms with Crippen molar-refractivity contribution in [3.63, 3.8) is 0 Å². The van der Waals surface area contributed by atoms with E-state index in [2.05, 4.69) is 5.43 Å². The maximum atomic E-state index is 13.0. The third kappa shape index (κ3) is 2.35. The molecule has 2 atom stereocenters. The van der Waals surface area contributed by atoms with Crippen molar-refractivity contribution in [3.05, 3.63) is 29.3 Å². The van der Waals surface area contributed by atoms with Gasteiger partial charge in [0.1, 0.15) is 0 Å². The summed E-state index contributed by atoms with van der Waals surface area (Å²) in [5.74, 6) is 5.35. The van der Waals surface area contributed by atoms with Gasteiger partial charge in [-0.25, -0.2) is 0 Å². The number of carbonyl (C=O) groups excluding carboxylic acids is 1. The van der Waals surface area contributed by atoms with E-state index in [4.69, 9.17) is 5.84 Å². The zero-order chi connectivity index (χ0) is 15.2. The fraction of sp³-hybridized carbons (Fsp3) is 0.500. The zero-order valence-corrected chi connectivity index (χ0v) is 11.3. The Morgan fingerprint density at radius 2 is 2.10 bits per heavy atom. The van der Waals surface area contributed by atoms with Crippen molar-refractivity contribution < 1.29 is 18.0 Å². The molecule has 0 spiro atoms. The number of amides is 1. The van der Waals surface area contributed by atoms with Gasteiger partial charge in [-0.2, -0.15) is 13.2 Å². The molecule has 0 aromatic heterocycles. The molecule has 1 saturated carbocycles. The molecule has 2 fully saturated rings. The Morgan fingerprint density at radius 1 is 1.33 bits per heavy atom. The molecule has 2 bridgehead atoms. The lowest BCUT2D eigenvalue weighted by Crippen LogP contribution is -2.38. The quantitative estimate of drug-likeness (QED) is 0.652. The molecule has 1 aliphatic heterocycles. The zero-order valence-electron chi connectivity index (χ0n) is 11.3. The van der Waals surface area contributed by atoms with Gasteiger partial charge in [0.2, 0.25) is 0 Å². The number of likely N-dealkylation sites (tertiary alicyclic amines) is 1. The second-order valence-electron chi connectivity index (χ2n) is 5.66. The molecule has 1 heterocycles. The second-order valence-corrected chi connectivity index (χ2v) is 5.66. The van der Waals surface area contributed by atoms with E-state index in [-0.39, 0.29) is 23.2 Å². The highest BCUT2D eigenvalue weighted by Gasteiger charge is 2.42. The van der Waals surface area contributed by atoms with Crippen molar-refractivity contribution in [1.82, 2.24) is 4.90 Å². The van der Waals surface area contributed by atoms with Gasteiger partial charge < -0.3 is 10.3 Å². The minimum absolute atomic E-state index is 0.0140. The molecule has 7 heteroatoms. The van der Waals surface area contributed by atoms with Crippen LogP contribution in [0.4, 0.5) is 18.9 Å². The minimum Gasteiger partial charge on any atom is -0.335 e. The topological polar surface area (TPSA) is 58.4 Å². The molecule has 3 N–H and O–H groups in total. The van der Waals surface area contributed by atoms with E-state index in [1.54, 1.807) is 4.90 Å². The number of nitrogen functional groups attached to an aromatic ring is 1. The summed E-state index contributed by atoms with van der Waals surface area (Å²) in [4.78, 5) is 14.2. The monoisotopic (exact) mass is 299 g/mol. The summed E-state index contributed by atoms with van der Waals surface area (Å²) >= 11 is 0. The van der Waals surface area contributed by atoms with Gasteiger partial charge in [-0.1, -0.05) is 6.07 Å². The Labute approximate surface area is 120 Å². The van der Waals surface area contributed by atoms with Gasteiger partial charge in [-0.15, -0.1) is 0 Å². The molecule has 2 unspecified atom stereocenters. The van der Waals surface area contributed by atoms with Gasteiger partial charge in [-0.05, 0) is 37.3 Å². The summed E-state index contributed by atoms with van der Waals surface area (Å²) in [6, 6.07) is 3.70. The third-order valence-electron chi connectivity index (χ3n) is 4.41. The smallest absolute Gasteiger partial charge is 0.335 e. The lowest BCUT2D eigenvalue weighted by atomic mass is 10.0. The number of nitrogens with one attached hydrogen (secondary N) is 1. The van der Waals surface area contributed by atoms with Crippen LogP contribution in [0.15, 0.2) is 18.2 Å². The van der Waals surface area contributed by atoms with Crippen LogP contribution < -0.4 is 11.3 Å². The second kappa shape index (κ2) is 4.91. The number of alkyl halides is 3. The number of fused-ring (bicyclic) bond motifs is 2. The fourth-order valence-corrected chi connectivity index (χ4v) is 3.45. The predicted octanol–water partition coefficient (Wildman–Crippen LogP) is 2.62. The first-order chi connectivity index (χ1) is 9.91. The highest BCUT2D eigenvalue weighted by atomic mass is 19.4. The number of hydrogen-bond donors (Lipinski definition) is 2. The molecule has 3 rings (SSSR count). The number of halogens is 3. The molecule has 1 aromatic carbocycles. The molecule has 2 aliphatic rings. The number of anilines is 1. The van der Waals surface area contributed by atoms with Crippen LogP contribution in [0.2, 0.25) is 0 Å². The van der Waals surface area contributed by atoms with Crippen molar-refractivity contribution >= 4 is 11.6 Å². The first-order valence-electron chi connectivity index (χ1n) is 6.89. The molecule has 1 saturated heterocycles. The Balaban J connectivity index is 1.97. The van der Waals surface area contributed by atoms with Crippen molar-refractivity contribution in [2.24, 2.45) is 11.8 Å². The number of carbonyl (C=O) groups is 1. The van der Waals surface area contributed by atoms with Gasteiger partial charge in [0.05, 0.1) is 16.8 Å². The summed E-state index contributed by atoms with van der Waals surface area (Å²) < 4.78 is 39.0.